The Hall–Kier alpha value is -2.57. The minimum Gasteiger partial charge on any atom is -0.369 e. The van der Waals surface area contributed by atoms with Crippen LogP contribution in [0.15, 0.2) is 34.3 Å². The number of rotatable bonds is 3. The van der Waals surface area contributed by atoms with Gasteiger partial charge in [0.2, 0.25) is 17.8 Å². The SMILES string of the molecule is NC1=NC2(CCCCC2)N(c2ccc(NC(=O)C3CC3)cc2)C(N)=N1. The van der Waals surface area contributed by atoms with Crippen molar-refractivity contribution < 1.29 is 4.79 Å². The highest BCUT2D eigenvalue weighted by Gasteiger charge is 2.42. The van der Waals surface area contributed by atoms with E-state index in [0.717, 1.165) is 49.9 Å². The monoisotopic (exact) mass is 340 g/mol. The Morgan fingerprint density at radius 3 is 2.44 bits per heavy atom. The Labute approximate surface area is 147 Å². The number of carbonyl (C=O) groups excluding carboxylic acids is 1. The lowest BCUT2D eigenvalue weighted by atomic mass is 9.87. The number of amides is 1. The number of nitrogens with two attached hydrogens (primary N) is 2. The number of nitrogens with one attached hydrogen (secondary N) is 1. The summed E-state index contributed by atoms with van der Waals surface area (Å²) in [4.78, 5) is 22.7. The van der Waals surface area contributed by atoms with Crippen LogP contribution < -0.4 is 21.7 Å². The fourth-order valence-corrected chi connectivity index (χ4v) is 3.78. The highest BCUT2D eigenvalue weighted by atomic mass is 16.2. The maximum atomic E-state index is 11.9. The van der Waals surface area contributed by atoms with Crippen LogP contribution in [0.2, 0.25) is 0 Å². The van der Waals surface area contributed by atoms with Crippen LogP contribution in [0.5, 0.6) is 0 Å². The zero-order valence-corrected chi connectivity index (χ0v) is 14.2. The molecule has 25 heavy (non-hydrogen) atoms. The van der Waals surface area contributed by atoms with Gasteiger partial charge in [-0.05, 0) is 62.8 Å². The molecule has 0 bridgehead atoms. The van der Waals surface area contributed by atoms with Crippen molar-refractivity contribution in [1.29, 1.82) is 0 Å². The van der Waals surface area contributed by atoms with E-state index in [0.29, 0.717) is 5.96 Å². The summed E-state index contributed by atoms with van der Waals surface area (Å²) in [6.45, 7) is 0. The van der Waals surface area contributed by atoms with Crippen molar-refractivity contribution in [2.75, 3.05) is 10.2 Å². The maximum Gasteiger partial charge on any atom is 0.227 e. The molecule has 1 aromatic carbocycles. The van der Waals surface area contributed by atoms with Gasteiger partial charge in [-0.2, -0.15) is 4.99 Å². The fraction of sp³-hybridized carbons (Fsp3) is 0.500. The van der Waals surface area contributed by atoms with E-state index >= 15 is 0 Å². The molecule has 3 aliphatic rings. The lowest BCUT2D eigenvalue weighted by Crippen LogP contribution is -2.58. The van der Waals surface area contributed by atoms with Gasteiger partial charge in [0.15, 0.2) is 0 Å². The van der Waals surface area contributed by atoms with Crippen molar-refractivity contribution in [1.82, 2.24) is 0 Å². The molecule has 2 fully saturated rings. The molecular formula is C18H24N6O. The maximum absolute atomic E-state index is 11.9. The smallest absolute Gasteiger partial charge is 0.227 e. The number of hydrogen-bond acceptors (Lipinski definition) is 6. The predicted molar refractivity (Wildman–Crippen MR) is 99.3 cm³/mol. The van der Waals surface area contributed by atoms with E-state index in [-0.39, 0.29) is 17.8 Å². The van der Waals surface area contributed by atoms with E-state index < -0.39 is 5.66 Å². The highest BCUT2D eigenvalue weighted by Crippen LogP contribution is 2.39. The third-order valence-corrected chi connectivity index (χ3v) is 5.19. The van der Waals surface area contributed by atoms with Gasteiger partial charge >= 0.3 is 0 Å². The molecule has 7 heteroatoms. The lowest BCUT2D eigenvalue weighted by Gasteiger charge is -2.45. The molecule has 1 spiro atoms. The van der Waals surface area contributed by atoms with Crippen molar-refractivity contribution in [3.8, 4) is 0 Å². The number of anilines is 2. The Kier molecular flexibility index (Phi) is 3.86. The van der Waals surface area contributed by atoms with Gasteiger partial charge in [-0.15, -0.1) is 0 Å². The summed E-state index contributed by atoms with van der Waals surface area (Å²) in [5.41, 5.74) is 13.4. The van der Waals surface area contributed by atoms with E-state index in [1.807, 2.05) is 29.2 Å². The second-order valence-electron chi connectivity index (χ2n) is 7.13. The molecule has 1 heterocycles. The van der Waals surface area contributed by atoms with Crippen molar-refractivity contribution in [2.45, 2.75) is 50.6 Å². The molecule has 7 nitrogen and oxygen atoms in total. The minimum atomic E-state index is -0.438. The van der Waals surface area contributed by atoms with Crippen LogP contribution in [0.1, 0.15) is 44.9 Å². The zero-order valence-electron chi connectivity index (χ0n) is 14.2. The molecule has 0 unspecified atom stereocenters. The summed E-state index contributed by atoms with van der Waals surface area (Å²) in [7, 11) is 0. The normalized spacial score (nSPS) is 22.3. The number of benzene rings is 1. The van der Waals surface area contributed by atoms with Gasteiger partial charge in [0.1, 0.15) is 5.66 Å². The number of nitrogens with zero attached hydrogens (tertiary/aromatic N) is 3. The molecule has 2 saturated carbocycles. The van der Waals surface area contributed by atoms with Gasteiger partial charge in [-0.1, -0.05) is 6.42 Å². The van der Waals surface area contributed by atoms with E-state index in [4.69, 9.17) is 11.5 Å². The Bertz CT molecular complexity index is 728. The van der Waals surface area contributed by atoms with E-state index in [9.17, 15) is 4.79 Å². The van der Waals surface area contributed by atoms with E-state index in [1.54, 1.807) is 0 Å². The summed E-state index contributed by atoms with van der Waals surface area (Å²) in [5, 5.41) is 2.96. The second-order valence-corrected chi connectivity index (χ2v) is 7.13. The average molecular weight is 340 g/mol. The highest BCUT2D eigenvalue weighted by molar-refractivity contribution is 6.05. The van der Waals surface area contributed by atoms with Crippen molar-refractivity contribution in [3.63, 3.8) is 0 Å². The van der Waals surface area contributed by atoms with Crippen LogP contribution in [0.4, 0.5) is 11.4 Å². The van der Waals surface area contributed by atoms with Crippen molar-refractivity contribution >= 4 is 29.2 Å². The van der Waals surface area contributed by atoms with Crippen LogP contribution in [0, 0.1) is 5.92 Å². The quantitative estimate of drug-likeness (QED) is 0.783. The first-order valence-electron chi connectivity index (χ1n) is 8.98. The van der Waals surface area contributed by atoms with Gasteiger partial charge in [0, 0.05) is 17.3 Å². The topological polar surface area (TPSA) is 109 Å². The summed E-state index contributed by atoms with van der Waals surface area (Å²) in [6, 6.07) is 7.72. The third kappa shape index (κ3) is 3.06. The minimum absolute atomic E-state index is 0.105. The molecule has 1 amide bonds. The Morgan fingerprint density at radius 2 is 1.80 bits per heavy atom. The van der Waals surface area contributed by atoms with Crippen LogP contribution in [-0.2, 0) is 4.79 Å². The summed E-state index contributed by atoms with van der Waals surface area (Å²) in [5.74, 6) is 0.924. The molecule has 0 atom stereocenters. The van der Waals surface area contributed by atoms with Gasteiger partial charge in [-0.25, -0.2) is 4.99 Å². The second kappa shape index (κ2) is 6.06. The first kappa shape index (κ1) is 15.9. The predicted octanol–water partition coefficient (Wildman–Crippen LogP) is 2.14. The van der Waals surface area contributed by atoms with Crippen LogP contribution >= 0.6 is 0 Å². The van der Waals surface area contributed by atoms with Crippen LogP contribution in [-0.4, -0.2) is 23.5 Å². The summed E-state index contributed by atoms with van der Waals surface area (Å²) in [6.07, 6.45) is 7.19. The fourth-order valence-electron chi connectivity index (χ4n) is 3.78. The van der Waals surface area contributed by atoms with E-state index in [2.05, 4.69) is 15.3 Å². The van der Waals surface area contributed by atoms with Crippen molar-refractivity contribution in [3.05, 3.63) is 24.3 Å². The molecule has 4 rings (SSSR count). The first-order chi connectivity index (χ1) is 12.1. The largest absolute Gasteiger partial charge is 0.369 e. The molecule has 2 aliphatic carbocycles. The zero-order chi connectivity index (χ0) is 17.4. The number of carbonyl (C=O) groups is 1. The average Bonchev–Trinajstić information content (AvgIpc) is 3.41. The Balaban J connectivity index is 1.60. The Morgan fingerprint density at radius 1 is 1.12 bits per heavy atom. The third-order valence-electron chi connectivity index (χ3n) is 5.19. The molecule has 132 valence electrons. The van der Waals surface area contributed by atoms with Gasteiger partial charge in [0.25, 0.3) is 0 Å². The van der Waals surface area contributed by atoms with Gasteiger partial charge < -0.3 is 16.8 Å². The van der Waals surface area contributed by atoms with Crippen LogP contribution in [0.25, 0.3) is 0 Å². The standard InChI is InChI=1S/C18H24N6O/c19-16-22-17(20)24(18(23-16)10-2-1-3-11-18)14-8-6-13(7-9-14)21-15(25)12-4-5-12/h6-9,12H,1-5,10-11H2,(H,21,25)(H4,19,20,22,23). The van der Waals surface area contributed by atoms with E-state index in [1.165, 1.54) is 6.42 Å². The number of aliphatic imine (C=N–C) groups is 2. The molecular weight excluding hydrogens is 316 g/mol. The molecule has 0 saturated heterocycles. The van der Waals surface area contributed by atoms with Crippen molar-refractivity contribution in [2.24, 2.45) is 27.4 Å². The molecule has 5 N–H and O–H groups in total. The first-order valence-corrected chi connectivity index (χ1v) is 8.98. The van der Waals surface area contributed by atoms with Crippen LogP contribution in [0.3, 0.4) is 0 Å². The number of hydrogen-bond donors (Lipinski definition) is 3. The number of guanidine groups is 2. The lowest BCUT2D eigenvalue weighted by molar-refractivity contribution is -0.117. The van der Waals surface area contributed by atoms with Gasteiger partial charge in [0.05, 0.1) is 0 Å². The van der Waals surface area contributed by atoms with Gasteiger partial charge in [-0.3, -0.25) is 9.69 Å². The molecule has 0 radical (unpaired) electrons. The molecule has 0 aromatic heterocycles. The summed E-state index contributed by atoms with van der Waals surface area (Å²) >= 11 is 0. The molecule has 1 aliphatic heterocycles. The molecule has 1 aromatic rings. The summed E-state index contributed by atoms with van der Waals surface area (Å²) < 4.78 is 0.